The maximum absolute atomic E-state index is 6.21. The molecule has 2 atom stereocenters. The fourth-order valence-electron chi connectivity index (χ4n) is 5.27. The number of nitrogens with two attached hydrogens (primary N) is 2. The van der Waals surface area contributed by atoms with Gasteiger partial charge in [0.25, 0.3) is 0 Å². The minimum atomic E-state index is 0.512. The molecule has 3 heterocycles. The summed E-state index contributed by atoms with van der Waals surface area (Å²) in [6, 6.07) is 0. The number of rotatable bonds is 8. The Morgan fingerprint density at radius 3 is 2.80 bits per heavy atom. The Bertz CT molecular complexity index is 764. The third-order valence-corrected chi connectivity index (χ3v) is 7.39. The molecule has 1 spiro atoms. The molecule has 1 aromatic heterocycles. The number of piperidine rings is 1. The number of allylic oxidation sites excluding steroid dienone is 2. The molecule has 3 fully saturated rings. The van der Waals surface area contributed by atoms with Gasteiger partial charge >= 0.3 is 0 Å². The van der Waals surface area contributed by atoms with Crippen molar-refractivity contribution in [2.45, 2.75) is 51.6 Å². The second-order valence-corrected chi connectivity index (χ2v) is 9.45. The summed E-state index contributed by atoms with van der Waals surface area (Å²) < 4.78 is 7.56. The van der Waals surface area contributed by atoms with E-state index in [2.05, 4.69) is 15.3 Å². The fraction of sp³-hybridized carbons (Fsp3) is 0.696. The summed E-state index contributed by atoms with van der Waals surface area (Å²) in [5.74, 6) is 1.42. The molecule has 1 saturated carbocycles. The van der Waals surface area contributed by atoms with Gasteiger partial charge in [-0.2, -0.15) is 5.10 Å². The molecule has 5 N–H and O–H groups in total. The van der Waals surface area contributed by atoms with E-state index >= 15 is 0 Å². The van der Waals surface area contributed by atoms with Crippen molar-refractivity contribution in [1.82, 2.24) is 20.0 Å². The van der Waals surface area contributed by atoms with Crippen LogP contribution in [0.15, 0.2) is 24.2 Å². The van der Waals surface area contributed by atoms with Gasteiger partial charge in [0.05, 0.1) is 29.5 Å². The zero-order valence-corrected chi connectivity index (χ0v) is 18.6. The molecule has 7 heteroatoms. The Morgan fingerprint density at radius 2 is 2.13 bits per heavy atom. The highest BCUT2D eigenvalue weighted by Crippen LogP contribution is 2.59. The molecule has 1 aliphatic carbocycles. The number of ether oxygens (including phenoxy) is 1. The van der Waals surface area contributed by atoms with Crippen LogP contribution in [0.5, 0.6) is 0 Å². The molecule has 0 amide bonds. The summed E-state index contributed by atoms with van der Waals surface area (Å²) in [5, 5.41) is 7.64. The number of nitrogens with zero attached hydrogens (tertiary/aromatic N) is 3. The molecule has 3 aliphatic rings. The van der Waals surface area contributed by atoms with Crippen molar-refractivity contribution in [3.63, 3.8) is 0 Å². The quantitative estimate of drug-likeness (QED) is 0.564. The number of hydrogen-bond acceptors (Lipinski definition) is 6. The predicted octanol–water partition coefficient (Wildman–Crippen LogP) is 2.09. The first-order valence-corrected chi connectivity index (χ1v) is 11.5. The minimum Gasteiger partial charge on any atom is -0.397 e. The molecule has 1 aromatic rings. The van der Waals surface area contributed by atoms with E-state index in [1.54, 1.807) is 4.68 Å². The molecule has 7 nitrogen and oxygen atoms in total. The van der Waals surface area contributed by atoms with Crippen LogP contribution in [0.4, 0.5) is 0 Å². The molecule has 30 heavy (non-hydrogen) atoms. The van der Waals surface area contributed by atoms with Crippen molar-refractivity contribution >= 4 is 5.70 Å². The smallest absolute Gasteiger partial charge is 0.0960 e. The maximum Gasteiger partial charge on any atom is 0.0960 e. The summed E-state index contributed by atoms with van der Waals surface area (Å²) in [7, 11) is 1.90. The summed E-state index contributed by atoms with van der Waals surface area (Å²) in [6.45, 7) is 7.59. The highest BCUT2D eigenvalue weighted by atomic mass is 16.5. The highest BCUT2D eigenvalue weighted by molar-refractivity contribution is 5.63. The van der Waals surface area contributed by atoms with E-state index in [1.165, 1.54) is 58.2 Å². The van der Waals surface area contributed by atoms with Gasteiger partial charge in [-0.3, -0.25) is 4.68 Å². The first kappa shape index (κ1) is 21.2. The van der Waals surface area contributed by atoms with Crippen LogP contribution >= 0.6 is 0 Å². The molecule has 0 aromatic carbocycles. The average molecular weight is 415 g/mol. The van der Waals surface area contributed by atoms with Crippen LogP contribution in [0.25, 0.3) is 5.70 Å². The van der Waals surface area contributed by atoms with Gasteiger partial charge in [-0.1, -0.05) is 0 Å². The van der Waals surface area contributed by atoms with Gasteiger partial charge in [0, 0.05) is 26.7 Å². The first-order valence-electron chi connectivity index (χ1n) is 11.5. The van der Waals surface area contributed by atoms with Crippen molar-refractivity contribution in [3.05, 3.63) is 35.4 Å². The monoisotopic (exact) mass is 414 g/mol. The minimum absolute atomic E-state index is 0.512. The summed E-state index contributed by atoms with van der Waals surface area (Å²) in [5.41, 5.74) is 15.6. The standard InChI is InChI=1S/C23H38N6O/c1-17-15-27-28(2)22(17)20(24)5-6-21(25)26-16-18-14-23(18)8-11-29(12-9-23)10-7-19-4-3-13-30-19/h5-6,15,18-19,26H,3-4,7-14,16,24-25H2,1-2H3/b20-5-,21-6+. The lowest BCUT2D eigenvalue weighted by Crippen LogP contribution is -2.37. The molecule has 2 aliphatic heterocycles. The second kappa shape index (κ2) is 9.02. The second-order valence-electron chi connectivity index (χ2n) is 9.45. The van der Waals surface area contributed by atoms with Crippen molar-refractivity contribution < 1.29 is 4.74 Å². The zero-order valence-electron chi connectivity index (χ0n) is 18.6. The molecular formula is C23H38N6O. The van der Waals surface area contributed by atoms with E-state index in [4.69, 9.17) is 16.2 Å². The van der Waals surface area contributed by atoms with Gasteiger partial charge in [0.1, 0.15) is 0 Å². The van der Waals surface area contributed by atoms with E-state index < -0.39 is 0 Å². The van der Waals surface area contributed by atoms with Crippen LogP contribution in [-0.4, -0.2) is 53.6 Å². The number of hydrogen-bond donors (Lipinski definition) is 3. The lowest BCUT2D eigenvalue weighted by atomic mass is 9.90. The van der Waals surface area contributed by atoms with Crippen LogP contribution in [0, 0.1) is 18.3 Å². The SMILES string of the molecule is Cc1cnn(C)c1/C(N)=C/C=C(\N)NCC1CC12CCN(CCC1CCCO1)CC2. The van der Waals surface area contributed by atoms with Crippen molar-refractivity contribution in [3.8, 4) is 0 Å². The van der Waals surface area contributed by atoms with Crippen LogP contribution in [-0.2, 0) is 11.8 Å². The van der Waals surface area contributed by atoms with Gasteiger partial charge in [0.2, 0.25) is 0 Å². The Morgan fingerprint density at radius 1 is 1.33 bits per heavy atom. The van der Waals surface area contributed by atoms with Gasteiger partial charge < -0.3 is 26.4 Å². The summed E-state index contributed by atoms with van der Waals surface area (Å²) in [4.78, 5) is 2.64. The van der Waals surface area contributed by atoms with E-state index in [0.29, 0.717) is 23.0 Å². The number of likely N-dealkylation sites (tertiary alicyclic amines) is 1. The largest absolute Gasteiger partial charge is 0.397 e. The Kier molecular flexibility index (Phi) is 6.39. The van der Waals surface area contributed by atoms with Crippen molar-refractivity contribution in [2.75, 3.05) is 32.8 Å². The molecule has 2 unspecified atom stereocenters. The number of aryl methyl sites for hydroxylation is 2. The predicted molar refractivity (Wildman–Crippen MR) is 120 cm³/mol. The van der Waals surface area contributed by atoms with Gasteiger partial charge in [-0.15, -0.1) is 0 Å². The Hall–Kier alpha value is -1.99. The van der Waals surface area contributed by atoms with Crippen molar-refractivity contribution in [1.29, 1.82) is 0 Å². The first-order chi connectivity index (χ1) is 14.5. The third kappa shape index (κ3) is 4.83. The van der Waals surface area contributed by atoms with Crippen LogP contribution < -0.4 is 16.8 Å². The van der Waals surface area contributed by atoms with Crippen LogP contribution in [0.2, 0.25) is 0 Å². The topological polar surface area (TPSA) is 94.4 Å². The normalized spacial score (nSPS) is 27.0. The zero-order chi connectivity index (χ0) is 21.1. The molecule has 4 rings (SSSR count). The van der Waals surface area contributed by atoms with Gasteiger partial charge in [0.15, 0.2) is 0 Å². The molecule has 2 saturated heterocycles. The van der Waals surface area contributed by atoms with E-state index in [9.17, 15) is 0 Å². The van der Waals surface area contributed by atoms with Gasteiger partial charge in [-0.25, -0.2) is 0 Å². The third-order valence-electron chi connectivity index (χ3n) is 7.39. The van der Waals surface area contributed by atoms with E-state index in [0.717, 1.165) is 30.3 Å². The summed E-state index contributed by atoms with van der Waals surface area (Å²) in [6.07, 6.45) is 13.7. The summed E-state index contributed by atoms with van der Waals surface area (Å²) >= 11 is 0. The highest BCUT2D eigenvalue weighted by Gasteiger charge is 2.54. The van der Waals surface area contributed by atoms with Crippen LogP contribution in [0.3, 0.4) is 0 Å². The Balaban J connectivity index is 1.18. The van der Waals surface area contributed by atoms with Gasteiger partial charge in [-0.05, 0) is 87.6 Å². The lowest BCUT2D eigenvalue weighted by molar-refractivity contribution is 0.0823. The Labute approximate surface area is 180 Å². The fourth-order valence-corrected chi connectivity index (χ4v) is 5.27. The molecule has 0 radical (unpaired) electrons. The number of aromatic nitrogens is 2. The van der Waals surface area contributed by atoms with E-state index in [1.807, 2.05) is 32.3 Å². The number of nitrogens with one attached hydrogen (secondary N) is 1. The maximum atomic E-state index is 6.21. The molecular weight excluding hydrogens is 376 g/mol. The van der Waals surface area contributed by atoms with Crippen LogP contribution in [0.1, 0.15) is 49.8 Å². The van der Waals surface area contributed by atoms with E-state index in [-0.39, 0.29) is 0 Å². The van der Waals surface area contributed by atoms with Crippen molar-refractivity contribution in [2.24, 2.45) is 29.8 Å². The average Bonchev–Trinajstić information content (AvgIpc) is 3.06. The lowest BCUT2D eigenvalue weighted by Gasteiger charge is -2.33. The molecule has 0 bridgehead atoms. The molecule has 166 valence electrons.